The Hall–Kier alpha value is -3.48. The highest BCUT2D eigenvalue weighted by Crippen LogP contribution is 2.28. The van der Waals surface area contributed by atoms with Gasteiger partial charge in [0.2, 0.25) is 5.91 Å². The third-order valence-corrected chi connectivity index (χ3v) is 4.88. The summed E-state index contributed by atoms with van der Waals surface area (Å²) >= 11 is 0. The summed E-state index contributed by atoms with van der Waals surface area (Å²) in [5.74, 6) is -2.67. The molecule has 1 saturated heterocycles. The standard InChI is InChI=1S/C22H22N2O5/c1-15(16-8-4-2-5-9-16)24-13-18(12-20(24)26)22(28)29-14-19(25)23-21(27)17-10-6-3-7-11-17/h2-11,15,18H,12-14H2,1H3,(H,23,25,27)/t15-,18-/m0/s1. The molecule has 3 amide bonds. The number of likely N-dealkylation sites (tertiary alicyclic amines) is 1. The molecule has 0 bridgehead atoms. The van der Waals surface area contributed by atoms with Gasteiger partial charge < -0.3 is 9.64 Å². The minimum absolute atomic E-state index is 0.0422. The Morgan fingerprint density at radius 3 is 2.34 bits per heavy atom. The number of carbonyl (C=O) groups is 4. The number of amides is 3. The van der Waals surface area contributed by atoms with E-state index in [0.717, 1.165) is 5.56 Å². The Morgan fingerprint density at radius 1 is 1.07 bits per heavy atom. The number of nitrogens with zero attached hydrogens (tertiary/aromatic N) is 1. The van der Waals surface area contributed by atoms with Gasteiger partial charge in [0.25, 0.3) is 11.8 Å². The van der Waals surface area contributed by atoms with E-state index >= 15 is 0 Å². The third-order valence-electron chi connectivity index (χ3n) is 4.88. The molecular weight excluding hydrogens is 372 g/mol. The number of ether oxygens (including phenoxy) is 1. The minimum atomic E-state index is -0.717. The van der Waals surface area contributed by atoms with Crippen LogP contribution in [-0.4, -0.2) is 41.7 Å². The lowest BCUT2D eigenvalue weighted by Crippen LogP contribution is -2.35. The molecule has 0 saturated carbocycles. The molecule has 1 heterocycles. The van der Waals surface area contributed by atoms with Gasteiger partial charge in [0.15, 0.2) is 6.61 Å². The predicted molar refractivity (Wildman–Crippen MR) is 105 cm³/mol. The molecule has 1 N–H and O–H groups in total. The molecule has 0 radical (unpaired) electrons. The average Bonchev–Trinajstić information content (AvgIpc) is 3.14. The lowest BCUT2D eigenvalue weighted by molar-refractivity contribution is -0.152. The van der Waals surface area contributed by atoms with Crippen LogP contribution in [0.1, 0.15) is 35.3 Å². The van der Waals surface area contributed by atoms with Crippen LogP contribution in [0.4, 0.5) is 0 Å². The molecule has 1 aliphatic heterocycles. The number of carbonyl (C=O) groups excluding carboxylic acids is 4. The molecule has 29 heavy (non-hydrogen) atoms. The Morgan fingerprint density at radius 2 is 1.69 bits per heavy atom. The Labute approximate surface area is 168 Å². The first-order chi connectivity index (χ1) is 14.0. The Balaban J connectivity index is 1.49. The molecule has 2 atom stereocenters. The molecule has 2 aromatic rings. The van der Waals surface area contributed by atoms with Crippen LogP contribution in [0.5, 0.6) is 0 Å². The first kappa shape index (κ1) is 20.3. The van der Waals surface area contributed by atoms with Crippen molar-refractivity contribution in [2.75, 3.05) is 13.2 Å². The third kappa shape index (κ3) is 5.07. The van der Waals surface area contributed by atoms with Crippen LogP contribution in [0.2, 0.25) is 0 Å². The highest BCUT2D eigenvalue weighted by Gasteiger charge is 2.38. The van der Waals surface area contributed by atoms with Crippen molar-refractivity contribution in [3.05, 3.63) is 71.8 Å². The Bertz CT molecular complexity index is 898. The maximum Gasteiger partial charge on any atom is 0.311 e. The molecule has 1 fully saturated rings. The fourth-order valence-electron chi connectivity index (χ4n) is 3.25. The van der Waals surface area contributed by atoms with E-state index in [0.29, 0.717) is 5.56 Å². The Kier molecular flexibility index (Phi) is 6.39. The monoisotopic (exact) mass is 394 g/mol. The van der Waals surface area contributed by atoms with E-state index in [-0.39, 0.29) is 24.9 Å². The molecule has 150 valence electrons. The maximum absolute atomic E-state index is 12.3. The second kappa shape index (κ2) is 9.14. The highest BCUT2D eigenvalue weighted by molar-refractivity contribution is 6.05. The van der Waals surface area contributed by atoms with Crippen molar-refractivity contribution >= 4 is 23.7 Å². The lowest BCUT2D eigenvalue weighted by atomic mass is 10.1. The smallest absolute Gasteiger partial charge is 0.311 e. The van der Waals surface area contributed by atoms with Gasteiger partial charge in [0.05, 0.1) is 12.0 Å². The highest BCUT2D eigenvalue weighted by atomic mass is 16.5. The summed E-state index contributed by atoms with van der Waals surface area (Å²) in [5, 5.41) is 2.17. The average molecular weight is 394 g/mol. The van der Waals surface area contributed by atoms with Gasteiger partial charge in [0.1, 0.15) is 0 Å². The number of hydrogen-bond acceptors (Lipinski definition) is 5. The number of rotatable bonds is 6. The number of nitrogens with one attached hydrogen (secondary N) is 1. The van der Waals surface area contributed by atoms with Gasteiger partial charge in [-0.15, -0.1) is 0 Å². The van der Waals surface area contributed by atoms with Gasteiger partial charge in [-0.25, -0.2) is 0 Å². The largest absolute Gasteiger partial charge is 0.455 e. The summed E-state index contributed by atoms with van der Waals surface area (Å²) < 4.78 is 5.02. The van der Waals surface area contributed by atoms with Crippen molar-refractivity contribution in [2.24, 2.45) is 5.92 Å². The van der Waals surface area contributed by atoms with E-state index in [1.54, 1.807) is 35.2 Å². The molecular formula is C22H22N2O5. The molecule has 1 aliphatic rings. The van der Waals surface area contributed by atoms with E-state index in [1.807, 2.05) is 37.3 Å². The summed E-state index contributed by atoms with van der Waals surface area (Å²) in [6, 6.07) is 17.6. The number of hydrogen-bond donors (Lipinski definition) is 1. The van der Waals surface area contributed by atoms with Crippen LogP contribution in [0.3, 0.4) is 0 Å². The molecule has 2 aromatic carbocycles. The first-order valence-electron chi connectivity index (χ1n) is 9.36. The summed E-state index contributed by atoms with van der Waals surface area (Å²) in [4.78, 5) is 50.1. The van der Waals surface area contributed by atoms with Gasteiger partial charge in [-0.3, -0.25) is 24.5 Å². The van der Waals surface area contributed by atoms with E-state index in [4.69, 9.17) is 4.74 Å². The molecule has 3 rings (SSSR count). The van der Waals surface area contributed by atoms with Crippen molar-refractivity contribution in [3.8, 4) is 0 Å². The van der Waals surface area contributed by atoms with Crippen molar-refractivity contribution in [1.29, 1.82) is 0 Å². The fourth-order valence-corrected chi connectivity index (χ4v) is 3.25. The topological polar surface area (TPSA) is 92.8 Å². The predicted octanol–water partition coefficient (Wildman–Crippen LogP) is 2.10. The van der Waals surface area contributed by atoms with Crippen molar-refractivity contribution in [1.82, 2.24) is 10.2 Å². The van der Waals surface area contributed by atoms with Gasteiger partial charge in [-0.05, 0) is 24.6 Å². The number of esters is 1. The second-order valence-corrected chi connectivity index (χ2v) is 6.88. The lowest BCUT2D eigenvalue weighted by Gasteiger charge is -2.25. The zero-order chi connectivity index (χ0) is 20.8. The van der Waals surface area contributed by atoms with E-state index in [9.17, 15) is 19.2 Å². The summed E-state index contributed by atoms with van der Waals surface area (Å²) in [5.41, 5.74) is 1.31. The van der Waals surface area contributed by atoms with Gasteiger partial charge in [-0.1, -0.05) is 48.5 Å². The van der Waals surface area contributed by atoms with Crippen molar-refractivity contribution in [2.45, 2.75) is 19.4 Å². The van der Waals surface area contributed by atoms with Crippen LogP contribution in [0.25, 0.3) is 0 Å². The van der Waals surface area contributed by atoms with Crippen LogP contribution >= 0.6 is 0 Å². The molecule has 0 aromatic heterocycles. The molecule has 0 unspecified atom stereocenters. The number of imide groups is 1. The van der Waals surface area contributed by atoms with Crippen molar-refractivity contribution < 1.29 is 23.9 Å². The zero-order valence-electron chi connectivity index (χ0n) is 16.0. The zero-order valence-corrected chi connectivity index (χ0v) is 16.0. The van der Waals surface area contributed by atoms with Gasteiger partial charge in [0, 0.05) is 18.5 Å². The van der Waals surface area contributed by atoms with Gasteiger partial charge in [-0.2, -0.15) is 0 Å². The van der Waals surface area contributed by atoms with Crippen LogP contribution in [-0.2, 0) is 19.1 Å². The molecule has 0 spiro atoms. The van der Waals surface area contributed by atoms with E-state index in [2.05, 4.69) is 5.32 Å². The van der Waals surface area contributed by atoms with Crippen LogP contribution < -0.4 is 5.32 Å². The SMILES string of the molecule is C[C@@H](c1ccccc1)N1C[C@@H](C(=O)OCC(=O)NC(=O)c2ccccc2)CC1=O. The molecule has 7 nitrogen and oxygen atoms in total. The van der Waals surface area contributed by atoms with Gasteiger partial charge >= 0.3 is 5.97 Å². The normalized spacial score (nSPS) is 16.9. The van der Waals surface area contributed by atoms with Crippen LogP contribution in [0, 0.1) is 5.92 Å². The quantitative estimate of drug-likeness (QED) is 0.758. The first-order valence-corrected chi connectivity index (χ1v) is 9.36. The summed E-state index contributed by atoms with van der Waals surface area (Å²) in [6.07, 6.45) is 0.0422. The van der Waals surface area contributed by atoms with Crippen molar-refractivity contribution in [3.63, 3.8) is 0 Å². The number of benzene rings is 2. The van der Waals surface area contributed by atoms with E-state index in [1.165, 1.54) is 0 Å². The maximum atomic E-state index is 12.3. The van der Waals surface area contributed by atoms with E-state index < -0.39 is 30.3 Å². The minimum Gasteiger partial charge on any atom is -0.455 e. The summed E-state index contributed by atoms with van der Waals surface area (Å²) in [6.45, 7) is 1.57. The summed E-state index contributed by atoms with van der Waals surface area (Å²) in [7, 11) is 0. The molecule has 7 heteroatoms. The van der Waals surface area contributed by atoms with Crippen LogP contribution in [0.15, 0.2) is 60.7 Å². The fraction of sp³-hybridized carbons (Fsp3) is 0.273. The molecule has 0 aliphatic carbocycles. The second-order valence-electron chi connectivity index (χ2n) is 6.88.